The molecule has 1 aliphatic rings. The van der Waals surface area contributed by atoms with E-state index in [2.05, 4.69) is 20.7 Å². The lowest BCUT2D eigenvalue weighted by Gasteiger charge is -2.19. The molecule has 39 heavy (non-hydrogen) atoms. The topological polar surface area (TPSA) is 77.1 Å². The van der Waals surface area contributed by atoms with Gasteiger partial charge in [-0.25, -0.2) is 8.42 Å². The van der Waals surface area contributed by atoms with Crippen LogP contribution in [0, 0.1) is 0 Å². The number of nitrogens with zero attached hydrogens (tertiary/aromatic N) is 1. The van der Waals surface area contributed by atoms with Gasteiger partial charge in [0.1, 0.15) is 21.1 Å². The molecule has 1 atom stereocenters. The van der Waals surface area contributed by atoms with E-state index in [1.165, 1.54) is 26.0 Å². The number of halogens is 5. The summed E-state index contributed by atoms with van der Waals surface area (Å²) < 4.78 is 86.9. The zero-order valence-electron chi connectivity index (χ0n) is 20.8. The van der Waals surface area contributed by atoms with Crippen molar-refractivity contribution in [3.05, 3.63) is 50.8 Å². The van der Waals surface area contributed by atoms with Crippen molar-refractivity contribution in [2.75, 3.05) is 39.1 Å². The van der Waals surface area contributed by atoms with E-state index in [0.717, 1.165) is 34.4 Å². The van der Waals surface area contributed by atoms with Crippen molar-refractivity contribution in [3.63, 3.8) is 0 Å². The Morgan fingerprint density at radius 1 is 1.13 bits per heavy atom. The Morgan fingerprint density at radius 3 is 2.46 bits per heavy atom. The van der Waals surface area contributed by atoms with Gasteiger partial charge in [0.2, 0.25) is 0 Å². The average Bonchev–Trinajstić information content (AvgIpc) is 3.39. The minimum Gasteiger partial charge on any atom is -0.493 e. The third kappa shape index (κ3) is 6.91. The molecule has 0 spiro atoms. The second-order valence-corrected chi connectivity index (χ2v) is 13.9. The number of anilines is 1. The fraction of sp³-hybridized carbons (Fsp3) is 0.333. The molecular weight excluding hydrogens is 665 g/mol. The molecule has 1 aromatic heterocycles. The van der Waals surface area contributed by atoms with Crippen molar-refractivity contribution in [2.24, 2.45) is 0 Å². The molecule has 1 saturated heterocycles. The highest BCUT2D eigenvalue weighted by Crippen LogP contribution is 2.48. The number of likely N-dealkylation sites (N-methyl/N-ethyl adjacent to an activating group) is 1. The molecule has 0 radical (unpaired) electrons. The minimum atomic E-state index is -4.67. The Kier molecular flexibility index (Phi) is 9.23. The minimum absolute atomic E-state index is 0.0188. The molecule has 0 aliphatic carbocycles. The maximum atomic E-state index is 13.6. The number of methoxy groups -OCH3 is 2. The predicted octanol–water partition coefficient (Wildman–Crippen LogP) is 7.23. The van der Waals surface area contributed by atoms with E-state index in [1.807, 2.05) is 11.9 Å². The Balaban J connectivity index is 1.61. The van der Waals surface area contributed by atoms with Crippen molar-refractivity contribution >= 4 is 66.3 Å². The number of nitrogens with one attached hydrogen (secondary N) is 1. The van der Waals surface area contributed by atoms with Crippen LogP contribution in [0.5, 0.6) is 17.2 Å². The lowest BCUT2D eigenvalue weighted by atomic mass is 10.1. The van der Waals surface area contributed by atoms with Crippen LogP contribution in [-0.2, 0) is 16.2 Å². The normalized spacial score (nSPS) is 16.4. The Hall–Kier alpha value is -1.84. The zero-order chi connectivity index (χ0) is 28.5. The molecule has 4 rings (SSSR count). The van der Waals surface area contributed by atoms with Gasteiger partial charge in [-0.05, 0) is 59.7 Å². The van der Waals surface area contributed by atoms with Crippen molar-refractivity contribution in [3.8, 4) is 17.2 Å². The Bertz CT molecular complexity index is 1470. The summed E-state index contributed by atoms with van der Waals surface area (Å²) in [7, 11) is 0.576. The fourth-order valence-electron chi connectivity index (χ4n) is 3.92. The van der Waals surface area contributed by atoms with Crippen LogP contribution in [0.4, 0.5) is 18.9 Å². The van der Waals surface area contributed by atoms with Gasteiger partial charge in [-0.2, -0.15) is 13.2 Å². The zero-order valence-corrected chi connectivity index (χ0v) is 25.6. The maximum absolute atomic E-state index is 13.6. The van der Waals surface area contributed by atoms with Crippen molar-refractivity contribution in [2.45, 2.75) is 32.7 Å². The molecule has 212 valence electrons. The average molecular weight is 688 g/mol. The molecule has 15 heteroatoms. The van der Waals surface area contributed by atoms with Crippen LogP contribution in [-0.4, -0.2) is 53.8 Å². The molecule has 1 fully saturated rings. The van der Waals surface area contributed by atoms with Gasteiger partial charge in [0.05, 0.1) is 34.2 Å². The highest BCUT2D eigenvalue weighted by Gasteiger charge is 2.36. The summed E-state index contributed by atoms with van der Waals surface area (Å²) in [6.45, 7) is 1.15. The van der Waals surface area contributed by atoms with Crippen LogP contribution in [0.15, 0.2) is 54.9 Å². The number of sulfonamides is 1. The number of benzene rings is 2. The first-order chi connectivity index (χ1) is 18.3. The number of likely N-dealkylation sites (tertiary alicyclic amines) is 1. The predicted molar refractivity (Wildman–Crippen MR) is 149 cm³/mol. The van der Waals surface area contributed by atoms with Gasteiger partial charge in [0.15, 0.2) is 11.5 Å². The molecule has 1 aliphatic heterocycles. The van der Waals surface area contributed by atoms with Crippen LogP contribution in [0.2, 0.25) is 4.34 Å². The number of ether oxygens (including phenoxy) is 3. The van der Waals surface area contributed by atoms with Crippen molar-refractivity contribution in [1.82, 2.24) is 4.90 Å². The van der Waals surface area contributed by atoms with Crippen LogP contribution in [0.3, 0.4) is 0 Å². The summed E-state index contributed by atoms with van der Waals surface area (Å²) in [5.41, 5.74) is -1.07. The summed E-state index contributed by atoms with van der Waals surface area (Å²) in [5, 5.41) is 0. The fourth-order valence-corrected chi connectivity index (χ4v) is 9.89. The summed E-state index contributed by atoms with van der Waals surface area (Å²) >= 11 is 12.0. The number of alkyl halides is 3. The number of thiophene rings is 1. The van der Waals surface area contributed by atoms with Gasteiger partial charge < -0.3 is 19.1 Å². The second-order valence-electron chi connectivity index (χ2n) is 8.53. The molecule has 7 nitrogen and oxygen atoms in total. The van der Waals surface area contributed by atoms with E-state index in [0.29, 0.717) is 35.2 Å². The Labute approximate surface area is 245 Å². The molecule has 2 aromatic carbocycles. The highest BCUT2D eigenvalue weighted by atomic mass is 79.9. The largest absolute Gasteiger partial charge is 0.493 e. The highest BCUT2D eigenvalue weighted by molar-refractivity contribution is 9.10. The lowest BCUT2D eigenvalue weighted by molar-refractivity contribution is -0.139. The van der Waals surface area contributed by atoms with Crippen LogP contribution in [0.1, 0.15) is 12.0 Å². The van der Waals surface area contributed by atoms with Gasteiger partial charge in [-0.3, -0.25) is 4.72 Å². The second kappa shape index (κ2) is 12.0. The number of hydrogen-bond donors (Lipinski definition) is 1. The SMILES string of the molecule is COc1ccc(Sc2sc(Cl)c(S(=O)(=O)Nc3ccc(C(F)(F)F)c(O[C@@H]4CCN(C)C4)c3)c2Br)cc1OC. The third-order valence-electron chi connectivity index (χ3n) is 5.75. The van der Waals surface area contributed by atoms with E-state index in [4.69, 9.17) is 25.8 Å². The van der Waals surface area contributed by atoms with Gasteiger partial charge >= 0.3 is 6.18 Å². The quantitative estimate of drug-likeness (QED) is 0.254. The molecule has 0 unspecified atom stereocenters. The van der Waals surface area contributed by atoms with Crippen LogP contribution in [0.25, 0.3) is 0 Å². The molecule has 0 amide bonds. The smallest absolute Gasteiger partial charge is 0.419 e. The van der Waals surface area contributed by atoms with Crippen molar-refractivity contribution < 1.29 is 35.8 Å². The Morgan fingerprint density at radius 2 is 1.85 bits per heavy atom. The molecule has 0 bridgehead atoms. The molecule has 3 aromatic rings. The first-order valence-electron chi connectivity index (χ1n) is 11.3. The lowest BCUT2D eigenvalue weighted by Crippen LogP contribution is -2.23. The standard InChI is InChI=1S/C24H23BrClF3N2O5S3/c1-31-9-8-14(12-31)36-18-10-13(4-6-16(18)24(27,28)29)30-39(32,33)21-20(25)23(38-22(21)26)37-15-5-7-17(34-2)19(11-15)35-3/h4-7,10-11,14,30H,8-9,12H2,1-3H3/t14-/m1/s1. The van der Waals surface area contributed by atoms with Crippen molar-refractivity contribution in [1.29, 1.82) is 0 Å². The summed E-state index contributed by atoms with van der Waals surface area (Å²) in [4.78, 5) is 2.46. The molecule has 0 saturated carbocycles. The number of rotatable bonds is 9. The van der Waals surface area contributed by atoms with Gasteiger partial charge in [-0.1, -0.05) is 23.4 Å². The van der Waals surface area contributed by atoms with Gasteiger partial charge in [0, 0.05) is 24.1 Å². The summed E-state index contributed by atoms with van der Waals surface area (Å²) in [5.74, 6) is 0.598. The van der Waals surface area contributed by atoms with Gasteiger partial charge in [0.25, 0.3) is 10.0 Å². The first kappa shape index (κ1) is 30.1. The van der Waals surface area contributed by atoms with Crippen LogP contribution < -0.4 is 18.9 Å². The summed E-state index contributed by atoms with van der Waals surface area (Å²) in [6.07, 6.45) is -4.56. The van der Waals surface area contributed by atoms with Crippen LogP contribution >= 0.6 is 50.6 Å². The summed E-state index contributed by atoms with van der Waals surface area (Å²) in [6, 6.07) is 8.13. The molecule has 2 heterocycles. The van der Waals surface area contributed by atoms with E-state index >= 15 is 0 Å². The monoisotopic (exact) mass is 686 g/mol. The number of hydrogen-bond acceptors (Lipinski definition) is 8. The molecular formula is C24H23BrClF3N2O5S3. The van der Waals surface area contributed by atoms with E-state index in [9.17, 15) is 21.6 Å². The van der Waals surface area contributed by atoms with Gasteiger partial charge in [-0.15, -0.1) is 11.3 Å². The maximum Gasteiger partial charge on any atom is 0.419 e. The van der Waals surface area contributed by atoms with E-state index < -0.39 is 33.6 Å². The van der Waals surface area contributed by atoms with E-state index in [1.54, 1.807) is 18.2 Å². The third-order valence-corrected chi connectivity index (χ3v) is 11.6. The molecule has 1 N–H and O–H groups in total. The first-order valence-corrected chi connectivity index (χ1v) is 15.6. The van der Waals surface area contributed by atoms with E-state index in [-0.39, 0.29) is 19.4 Å².